The monoisotopic (exact) mass is 324 g/mol. The highest BCUT2D eigenvalue weighted by Gasteiger charge is 2.11. The number of benzene rings is 2. The van der Waals surface area contributed by atoms with Gasteiger partial charge >= 0.3 is 0 Å². The van der Waals surface area contributed by atoms with E-state index in [0.717, 1.165) is 5.56 Å². The molecule has 0 fully saturated rings. The van der Waals surface area contributed by atoms with E-state index in [4.69, 9.17) is 16.7 Å². The SMILES string of the molecule is Cc1cc(Cl)ccc1NC(=O)c1ccc(S(N)(=O)=O)cc1. The summed E-state index contributed by atoms with van der Waals surface area (Å²) < 4.78 is 22.3. The third-order valence-electron chi connectivity index (χ3n) is 2.88. The first-order valence-electron chi connectivity index (χ1n) is 5.98. The van der Waals surface area contributed by atoms with Gasteiger partial charge in [-0.05, 0) is 55.0 Å². The largest absolute Gasteiger partial charge is 0.322 e. The summed E-state index contributed by atoms with van der Waals surface area (Å²) in [5.41, 5.74) is 1.80. The minimum atomic E-state index is -3.76. The lowest BCUT2D eigenvalue weighted by atomic mass is 10.1. The van der Waals surface area contributed by atoms with Crippen LogP contribution in [-0.4, -0.2) is 14.3 Å². The molecular formula is C14H13ClN2O3S. The van der Waals surface area contributed by atoms with Gasteiger partial charge in [0.2, 0.25) is 10.0 Å². The van der Waals surface area contributed by atoms with Crippen LogP contribution in [0, 0.1) is 6.92 Å². The Bertz CT molecular complexity index is 786. The lowest BCUT2D eigenvalue weighted by Crippen LogP contribution is -2.15. The Kier molecular flexibility index (Phi) is 4.32. The summed E-state index contributed by atoms with van der Waals surface area (Å²) in [6.07, 6.45) is 0. The van der Waals surface area contributed by atoms with E-state index in [9.17, 15) is 13.2 Å². The predicted octanol–water partition coefficient (Wildman–Crippen LogP) is 2.55. The van der Waals surface area contributed by atoms with Crippen molar-refractivity contribution < 1.29 is 13.2 Å². The number of nitrogens with two attached hydrogens (primary N) is 1. The molecule has 0 spiro atoms. The van der Waals surface area contributed by atoms with E-state index < -0.39 is 10.0 Å². The molecule has 0 saturated carbocycles. The van der Waals surface area contributed by atoms with Gasteiger partial charge < -0.3 is 5.32 Å². The summed E-state index contributed by atoms with van der Waals surface area (Å²) in [6.45, 7) is 1.82. The van der Waals surface area contributed by atoms with Crippen molar-refractivity contribution in [1.29, 1.82) is 0 Å². The highest BCUT2D eigenvalue weighted by atomic mass is 35.5. The first-order chi connectivity index (χ1) is 9.77. The van der Waals surface area contributed by atoms with Gasteiger partial charge in [0.1, 0.15) is 0 Å². The Balaban J connectivity index is 2.21. The van der Waals surface area contributed by atoms with Gasteiger partial charge in [-0.2, -0.15) is 0 Å². The summed E-state index contributed by atoms with van der Waals surface area (Å²) in [4.78, 5) is 12.0. The second-order valence-corrected chi connectivity index (χ2v) is 6.48. The number of hydrogen-bond acceptors (Lipinski definition) is 3. The van der Waals surface area contributed by atoms with Gasteiger partial charge in [0.15, 0.2) is 0 Å². The molecule has 0 radical (unpaired) electrons. The molecular weight excluding hydrogens is 312 g/mol. The smallest absolute Gasteiger partial charge is 0.255 e. The Labute approximate surface area is 127 Å². The summed E-state index contributed by atoms with van der Waals surface area (Å²) in [5.74, 6) is -0.346. The van der Waals surface area contributed by atoms with Crippen molar-refractivity contribution >= 4 is 33.2 Å². The fourth-order valence-electron chi connectivity index (χ4n) is 1.76. The Morgan fingerprint density at radius 3 is 2.29 bits per heavy atom. The maximum Gasteiger partial charge on any atom is 0.255 e. The van der Waals surface area contributed by atoms with E-state index in [1.807, 2.05) is 6.92 Å². The van der Waals surface area contributed by atoms with Crippen molar-refractivity contribution in [2.75, 3.05) is 5.32 Å². The van der Waals surface area contributed by atoms with E-state index in [-0.39, 0.29) is 10.8 Å². The highest BCUT2D eigenvalue weighted by Crippen LogP contribution is 2.20. The molecule has 1 amide bonds. The second-order valence-electron chi connectivity index (χ2n) is 4.48. The van der Waals surface area contributed by atoms with Crippen molar-refractivity contribution in [2.45, 2.75) is 11.8 Å². The van der Waals surface area contributed by atoms with Crippen LogP contribution in [0.15, 0.2) is 47.4 Å². The molecule has 7 heteroatoms. The van der Waals surface area contributed by atoms with Crippen LogP contribution in [-0.2, 0) is 10.0 Å². The summed E-state index contributed by atoms with van der Waals surface area (Å²) in [6, 6.07) is 10.5. The van der Waals surface area contributed by atoms with Crippen LogP contribution >= 0.6 is 11.6 Å². The number of amides is 1. The zero-order chi connectivity index (χ0) is 15.6. The summed E-state index contributed by atoms with van der Waals surface area (Å²) >= 11 is 5.85. The molecule has 0 saturated heterocycles. The summed E-state index contributed by atoms with van der Waals surface area (Å²) in [7, 11) is -3.76. The van der Waals surface area contributed by atoms with Crippen LogP contribution in [0.25, 0.3) is 0 Å². The molecule has 0 aromatic heterocycles. The van der Waals surface area contributed by atoms with E-state index in [1.165, 1.54) is 24.3 Å². The minimum Gasteiger partial charge on any atom is -0.322 e. The van der Waals surface area contributed by atoms with Crippen LogP contribution in [0.1, 0.15) is 15.9 Å². The van der Waals surface area contributed by atoms with Crippen LogP contribution in [0.5, 0.6) is 0 Å². The zero-order valence-corrected chi connectivity index (χ0v) is 12.7. The van der Waals surface area contributed by atoms with Crippen molar-refractivity contribution in [1.82, 2.24) is 0 Å². The maximum absolute atomic E-state index is 12.1. The molecule has 110 valence electrons. The number of aryl methyl sites for hydroxylation is 1. The minimum absolute atomic E-state index is 0.0401. The number of sulfonamides is 1. The third kappa shape index (κ3) is 3.81. The number of hydrogen-bond donors (Lipinski definition) is 2. The van der Waals surface area contributed by atoms with Crippen molar-refractivity contribution in [3.05, 3.63) is 58.6 Å². The number of rotatable bonds is 3. The molecule has 0 heterocycles. The standard InChI is InChI=1S/C14H13ClN2O3S/c1-9-8-11(15)4-7-13(9)17-14(18)10-2-5-12(6-3-10)21(16,19)20/h2-8H,1H3,(H,17,18)(H2,16,19,20). The molecule has 0 aliphatic rings. The van der Waals surface area contributed by atoms with Crippen LogP contribution in [0.3, 0.4) is 0 Å². The lowest BCUT2D eigenvalue weighted by Gasteiger charge is -2.09. The molecule has 0 aliphatic heterocycles. The van der Waals surface area contributed by atoms with Gasteiger partial charge in [0, 0.05) is 16.3 Å². The van der Waals surface area contributed by atoms with E-state index in [1.54, 1.807) is 18.2 Å². The van der Waals surface area contributed by atoms with Crippen molar-refractivity contribution in [3.8, 4) is 0 Å². The quantitative estimate of drug-likeness (QED) is 0.909. The van der Waals surface area contributed by atoms with Gasteiger partial charge in [-0.1, -0.05) is 11.6 Å². The number of anilines is 1. The molecule has 5 nitrogen and oxygen atoms in total. The lowest BCUT2D eigenvalue weighted by molar-refractivity contribution is 0.102. The van der Waals surface area contributed by atoms with E-state index >= 15 is 0 Å². The van der Waals surface area contributed by atoms with Gasteiger partial charge in [-0.25, -0.2) is 13.6 Å². The molecule has 2 aromatic carbocycles. The number of primary sulfonamides is 1. The Morgan fingerprint density at radius 2 is 1.76 bits per heavy atom. The average molecular weight is 325 g/mol. The summed E-state index contributed by atoms with van der Waals surface area (Å²) in [5, 5.41) is 8.32. The molecule has 2 rings (SSSR count). The normalized spacial score (nSPS) is 11.2. The molecule has 21 heavy (non-hydrogen) atoms. The fourth-order valence-corrected chi connectivity index (χ4v) is 2.50. The van der Waals surface area contributed by atoms with Gasteiger partial charge in [-0.15, -0.1) is 0 Å². The first-order valence-corrected chi connectivity index (χ1v) is 7.90. The number of carbonyl (C=O) groups is 1. The predicted molar refractivity (Wildman–Crippen MR) is 82.0 cm³/mol. The third-order valence-corrected chi connectivity index (χ3v) is 4.05. The maximum atomic E-state index is 12.1. The number of halogens is 1. The topological polar surface area (TPSA) is 89.3 Å². The highest BCUT2D eigenvalue weighted by molar-refractivity contribution is 7.89. The molecule has 2 aromatic rings. The number of carbonyl (C=O) groups excluding carboxylic acids is 1. The Hall–Kier alpha value is -1.89. The van der Waals surface area contributed by atoms with E-state index in [2.05, 4.69) is 5.32 Å². The number of nitrogens with one attached hydrogen (secondary N) is 1. The van der Waals surface area contributed by atoms with Crippen LogP contribution in [0.2, 0.25) is 5.02 Å². The molecule has 3 N–H and O–H groups in total. The average Bonchev–Trinajstić information content (AvgIpc) is 2.41. The van der Waals surface area contributed by atoms with Gasteiger partial charge in [-0.3, -0.25) is 4.79 Å². The second kappa shape index (κ2) is 5.85. The van der Waals surface area contributed by atoms with Crippen molar-refractivity contribution in [3.63, 3.8) is 0 Å². The zero-order valence-electron chi connectivity index (χ0n) is 11.1. The molecule has 0 atom stereocenters. The van der Waals surface area contributed by atoms with Crippen molar-refractivity contribution in [2.24, 2.45) is 5.14 Å². The molecule has 0 unspecified atom stereocenters. The first kappa shape index (κ1) is 15.5. The Morgan fingerprint density at radius 1 is 1.14 bits per heavy atom. The van der Waals surface area contributed by atoms with Crippen LogP contribution in [0.4, 0.5) is 5.69 Å². The molecule has 0 bridgehead atoms. The van der Waals surface area contributed by atoms with Gasteiger partial charge in [0.05, 0.1) is 4.90 Å². The fraction of sp³-hybridized carbons (Fsp3) is 0.0714. The van der Waals surface area contributed by atoms with E-state index in [0.29, 0.717) is 16.3 Å². The molecule has 0 aliphatic carbocycles. The van der Waals surface area contributed by atoms with Crippen LogP contribution < -0.4 is 10.5 Å². The van der Waals surface area contributed by atoms with Gasteiger partial charge in [0.25, 0.3) is 5.91 Å².